The molecule has 0 amide bonds. The second kappa shape index (κ2) is 4.38. The molecule has 0 aliphatic carbocycles. The van der Waals surface area contributed by atoms with Gasteiger partial charge in [-0.15, -0.1) is 0 Å². The molecule has 0 fully saturated rings. The minimum absolute atomic E-state index is 0.222. The highest BCUT2D eigenvalue weighted by Crippen LogP contribution is 2.32. The summed E-state index contributed by atoms with van der Waals surface area (Å²) in [5, 5.41) is 0.863. The van der Waals surface area contributed by atoms with E-state index >= 15 is 0 Å². The predicted octanol–water partition coefficient (Wildman–Crippen LogP) is 4.20. The van der Waals surface area contributed by atoms with Crippen molar-refractivity contribution in [3.8, 4) is 0 Å². The highest BCUT2D eigenvalue weighted by molar-refractivity contribution is 7.22. The Morgan fingerprint density at radius 3 is 2.67 bits per heavy atom. The summed E-state index contributed by atoms with van der Waals surface area (Å²) in [6.07, 6.45) is 0. The third-order valence-corrected chi connectivity index (χ3v) is 3.86. The molecule has 1 heterocycles. The number of nitrogens with zero attached hydrogens (tertiary/aromatic N) is 2. The maximum atomic E-state index is 13.1. The van der Waals surface area contributed by atoms with Gasteiger partial charge in [-0.1, -0.05) is 29.5 Å². The van der Waals surface area contributed by atoms with Gasteiger partial charge in [0.05, 0.1) is 10.2 Å². The lowest BCUT2D eigenvalue weighted by atomic mass is 10.3. The van der Waals surface area contributed by atoms with E-state index in [0.717, 1.165) is 21.0 Å². The van der Waals surface area contributed by atoms with E-state index < -0.39 is 0 Å². The summed E-state index contributed by atoms with van der Waals surface area (Å²) in [4.78, 5) is 6.51. The van der Waals surface area contributed by atoms with Crippen LogP contribution in [-0.4, -0.2) is 12.0 Å². The van der Waals surface area contributed by atoms with E-state index in [1.165, 1.54) is 23.5 Å². The first-order valence-corrected chi connectivity index (χ1v) is 6.40. The molecule has 0 unspecified atom stereocenters. The summed E-state index contributed by atoms with van der Waals surface area (Å²) in [6, 6.07) is 14.7. The lowest BCUT2D eigenvalue weighted by molar-refractivity contribution is 0.630. The third kappa shape index (κ3) is 1.95. The van der Waals surface area contributed by atoms with E-state index in [2.05, 4.69) is 4.98 Å². The standard InChI is InChI=1S/C14H11FN2S/c1-17(11-5-3-2-4-6-11)14-16-12-8-7-10(15)9-13(12)18-14/h2-9H,1H3. The molecule has 4 heteroatoms. The lowest BCUT2D eigenvalue weighted by Crippen LogP contribution is -2.08. The molecule has 0 spiro atoms. The molecule has 0 radical (unpaired) electrons. The van der Waals surface area contributed by atoms with Crippen molar-refractivity contribution in [2.45, 2.75) is 0 Å². The first kappa shape index (κ1) is 11.2. The summed E-state index contributed by atoms with van der Waals surface area (Å²) < 4.78 is 14.0. The molecule has 0 aliphatic heterocycles. The van der Waals surface area contributed by atoms with Gasteiger partial charge in [0.25, 0.3) is 0 Å². The van der Waals surface area contributed by atoms with E-state index in [1.807, 2.05) is 42.3 Å². The Kier molecular flexibility index (Phi) is 2.72. The number of anilines is 2. The van der Waals surface area contributed by atoms with Crippen LogP contribution in [0.5, 0.6) is 0 Å². The molecule has 1 aromatic heterocycles. The van der Waals surface area contributed by atoms with Crippen LogP contribution in [-0.2, 0) is 0 Å². The molecule has 3 aromatic rings. The Morgan fingerprint density at radius 1 is 1.11 bits per heavy atom. The summed E-state index contributed by atoms with van der Waals surface area (Å²) in [5.41, 5.74) is 1.90. The van der Waals surface area contributed by atoms with Crippen LogP contribution in [0, 0.1) is 5.82 Å². The number of para-hydroxylation sites is 1. The Hall–Kier alpha value is -1.94. The molecule has 0 bridgehead atoms. The fourth-order valence-electron chi connectivity index (χ4n) is 1.79. The van der Waals surface area contributed by atoms with Gasteiger partial charge in [0.15, 0.2) is 5.13 Å². The van der Waals surface area contributed by atoms with Gasteiger partial charge in [-0.05, 0) is 30.3 Å². The topological polar surface area (TPSA) is 16.1 Å². The Morgan fingerprint density at radius 2 is 1.89 bits per heavy atom. The number of hydrogen-bond acceptors (Lipinski definition) is 3. The number of aromatic nitrogens is 1. The number of halogens is 1. The second-order valence-electron chi connectivity index (χ2n) is 4.00. The fraction of sp³-hybridized carbons (Fsp3) is 0.0714. The molecule has 0 N–H and O–H groups in total. The van der Waals surface area contributed by atoms with Crippen molar-refractivity contribution >= 4 is 32.4 Å². The SMILES string of the molecule is CN(c1ccccc1)c1nc2ccc(F)cc2s1. The predicted molar refractivity (Wildman–Crippen MR) is 74.1 cm³/mol. The zero-order chi connectivity index (χ0) is 12.5. The van der Waals surface area contributed by atoms with Crippen LogP contribution in [0.2, 0.25) is 0 Å². The quantitative estimate of drug-likeness (QED) is 0.684. The van der Waals surface area contributed by atoms with Crippen molar-refractivity contribution in [1.82, 2.24) is 4.98 Å². The van der Waals surface area contributed by atoms with Crippen LogP contribution in [0.25, 0.3) is 10.2 Å². The van der Waals surface area contributed by atoms with Crippen LogP contribution in [0.4, 0.5) is 15.2 Å². The first-order valence-electron chi connectivity index (χ1n) is 5.59. The van der Waals surface area contributed by atoms with E-state index in [-0.39, 0.29) is 5.82 Å². The monoisotopic (exact) mass is 258 g/mol. The Bertz CT molecular complexity index is 679. The molecule has 90 valence electrons. The number of rotatable bonds is 2. The second-order valence-corrected chi connectivity index (χ2v) is 5.01. The zero-order valence-electron chi connectivity index (χ0n) is 9.80. The third-order valence-electron chi connectivity index (χ3n) is 2.77. The number of fused-ring (bicyclic) bond motifs is 1. The maximum Gasteiger partial charge on any atom is 0.190 e. The smallest absolute Gasteiger partial charge is 0.190 e. The van der Waals surface area contributed by atoms with Crippen molar-refractivity contribution in [3.05, 3.63) is 54.3 Å². The summed E-state index contributed by atoms with van der Waals surface area (Å²) in [6.45, 7) is 0. The largest absolute Gasteiger partial charge is 0.321 e. The molecule has 3 rings (SSSR count). The summed E-state index contributed by atoms with van der Waals surface area (Å²) in [5.74, 6) is -0.222. The highest BCUT2D eigenvalue weighted by Gasteiger charge is 2.10. The molecule has 0 aliphatic rings. The van der Waals surface area contributed by atoms with Gasteiger partial charge in [0.1, 0.15) is 5.82 Å². The minimum atomic E-state index is -0.222. The number of benzene rings is 2. The molecule has 0 saturated carbocycles. The highest BCUT2D eigenvalue weighted by atomic mass is 32.1. The normalized spacial score (nSPS) is 10.8. The van der Waals surface area contributed by atoms with Crippen molar-refractivity contribution in [3.63, 3.8) is 0 Å². The van der Waals surface area contributed by atoms with Crippen molar-refractivity contribution < 1.29 is 4.39 Å². The molecular weight excluding hydrogens is 247 g/mol. The van der Waals surface area contributed by atoms with Crippen molar-refractivity contribution in [1.29, 1.82) is 0 Å². The van der Waals surface area contributed by atoms with E-state index in [9.17, 15) is 4.39 Å². The van der Waals surface area contributed by atoms with Gasteiger partial charge < -0.3 is 4.90 Å². The molecule has 0 saturated heterocycles. The first-order chi connectivity index (χ1) is 8.74. The minimum Gasteiger partial charge on any atom is -0.321 e. The van der Waals surface area contributed by atoms with E-state index in [0.29, 0.717) is 0 Å². The van der Waals surface area contributed by atoms with Crippen molar-refractivity contribution in [2.75, 3.05) is 11.9 Å². The van der Waals surface area contributed by atoms with E-state index in [4.69, 9.17) is 0 Å². The molecule has 2 nitrogen and oxygen atoms in total. The van der Waals surface area contributed by atoms with Gasteiger partial charge in [-0.2, -0.15) is 0 Å². The van der Waals surface area contributed by atoms with Gasteiger partial charge in [0, 0.05) is 12.7 Å². The van der Waals surface area contributed by atoms with Crippen molar-refractivity contribution in [2.24, 2.45) is 0 Å². The number of hydrogen-bond donors (Lipinski definition) is 0. The Balaban J connectivity index is 2.04. The average molecular weight is 258 g/mol. The number of thiazole rings is 1. The fourth-order valence-corrected chi connectivity index (χ4v) is 2.76. The van der Waals surface area contributed by atoms with Crippen LogP contribution < -0.4 is 4.90 Å². The van der Waals surface area contributed by atoms with Gasteiger partial charge in [-0.25, -0.2) is 9.37 Å². The zero-order valence-corrected chi connectivity index (χ0v) is 10.6. The van der Waals surface area contributed by atoms with E-state index in [1.54, 1.807) is 6.07 Å². The van der Waals surface area contributed by atoms with Gasteiger partial charge >= 0.3 is 0 Å². The average Bonchev–Trinajstić information content (AvgIpc) is 2.81. The van der Waals surface area contributed by atoms with Crippen LogP contribution >= 0.6 is 11.3 Å². The van der Waals surface area contributed by atoms with Crippen LogP contribution in [0.3, 0.4) is 0 Å². The maximum absolute atomic E-state index is 13.1. The summed E-state index contributed by atoms with van der Waals surface area (Å²) in [7, 11) is 1.96. The molecule has 18 heavy (non-hydrogen) atoms. The Labute approximate surface area is 108 Å². The van der Waals surface area contributed by atoms with Crippen LogP contribution in [0.1, 0.15) is 0 Å². The molecule has 0 atom stereocenters. The van der Waals surface area contributed by atoms with Gasteiger partial charge in [-0.3, -0.25) is 0 Å². The molecular formula is C14H11FN2S. The molecule has 2 aromatic carbocycles. The lowest BCUT2D eigenvalue weighted by Gasteiger charge is -2.14. The van der Waals surface area contributed by atoms with Crippen LogP contribution in [0.15, 0.2) is 48.5 Å². The summed E-state index contributed by atoms with van der Waals surface area (Å²) >= 11 is 1.49. The van der Waals surface area contributed by atoms with Gasteiger partial charge in [0.2, 0.25) is 0 Å².